The first kappa shape index (κ1) is 21.8. The first-order valence-electron chi connectivity index (χ1n) is 10.1. The molecule has 174 valence electrons. The number of benzene rings is 1. The van der Waals surface area contributed by atoms with Crippen LogP contribution in [-0.4, -0.2) is 47.2 Å². The average Bonchev–Trinajstić information content (AvgIpc) is 3.46. The lowest BCUT2D eigenvalue weighted by Gasteiger charge is -2.32. The summed E-state index contributed by atoms with van der Waals surface area (Å²) in [7, 11) is 0. The molecule has 3 aliphatic rings. The molecule has 2 saturated heterocycles. The van der Waals surface area contributed by atoms with Crippen LogP contribution in [0.25, 0.3) is 0 Å². The molecule has 5 rings (SSSR count). The number of carbonyl (C=O) groups excluding carboxylic acids is 1. The molecule has 11 nitrogen and oxygen atoms in total. The molecule has 2 aromatic rings. The summed E-state index contributed by atoms with van der Waals surface area (Å²) in [4.78, 5) is 32.9. The normalized spacial score (nSPS) is 29.9. The molecule has 3 aliphatic heterocycles. The van der Waals surface area contributed by atoms with Gasteiger partial charge in [0.2, 0.25) is 0 Å². The molecule has 0 radical (unpaired) electrons. The number of pyridine rings is 1. The number of hydrogen-bond acceptors (Lipinski definition) is 10. The van der Waals surface area contributed by atoms with Gasteiger partial charge in [0, 0.05) is 27.9 Å². The monoisotopic (exact) mass is 478 g/mol. The van der Waals surface area contributed by atoms with Crippen LogP contribution in [0.4, 0.5) is 4.79 Å². The van der Waals surface area contributed by atoms with Crippen LogP contribution >= 0.6 is 11.6 Å². The zero-order valence-corrected chi connectivity index (χ0v) is 18.1. The number of rotatable bonds is 5. The van der Waals surface area contributed by atoms with Gasteiger partial charge in [-0.2, -0.15) is 0 Å². The molecule has 2 fully saturated rings. The molecule has 0 unspecified atom stereocenters. The van der Waals surface area contributed by atoms with Gasteiger partial charge in [0.1, 0.15) is 12.2 Å². The van der Waals surface area contributed by atoms with Crippen molar-refractivity contribution in [3.8, 4) is 5.75 Å². The fourth-order valence-electron chi connectivity index (χ4n) is 4.47. The molecular weight excluding hydrogens is 460 g/mol. The van der Waals surface area contributed by atoms with Crippen molar-refractivity contribution in [3.63, 3.8) is 0 Å². The van der Waals surface area contributed by atoms with Gasteiger partial charge in [-0.05, 0) is 19.1 Å². The summed E-state index contributed by atoms with van der Waals surface area (Å²) in [5.74, 6) is 0.227. The smallest absolute Gasteiger partial charge is 0.417 e. The lowest BCUT2D eigenvalue weighted by molar-refractivity contribution is -0.781. The predicted octanol–water partition coefficient (Wildman–Crippen LogP) is 2.94. The van der Waals surface area contributed by atoms with Crippen LogP contribution in [0.1, 0.15) is 23.6 Å². The summed E-state index contributed by atoms with van der Waals surface area (Å²) in [5.41, 5.74) is -0.763. The Balaban J connectivity index is 1.45. The summed E-state index contributed by atoms with van der Waals surface area (Å²) in [6.07, 6.45) is 0.282. The molecule has 4 atom stereocenters. The highest BCUT2D eigenvalue weighted by Crippen LogP contribution is 2.48. The molecular formula is C21H19ClN2O9. The van der Waals surface area contributed by atoms with Crippen LogP contribution in [0.3, 0.4) is 0 Å². The molecule has 1 aromatic carbocycles. The van der Waals surface area contributed by atoms with Crippen molar-refractivity contribution in [2.45, 2.75) is 43.5 Å². The third-order valence-corrected chi connectivity index (χ3v) is 6.30. The average molecular weight is 479 g/mol. The Morgan fingerprint density at radius 3 is 2.70 bits per heavy atom. The van der Waals surface area contributed by atoms with Crippen molar-refractivity contribution >= 4 is 17.8 Å². The number of nitrogens with zero attached hydrogens (tertiary/aromatic N) is 2. The minimum Gasteiger partial charge on any atom is -0.417 e. The molecule has 0 saturated carbocycles. The minimum atomic E-state index is -1.45. The highest BCUT2D eigenvalue weighted by atomic mass is 35.5. The van der Waals surface area contributed by atoms with Crippen molar-refractivity contribution in [1.29, 1.82) is 0 Å². The van der Waals surface area contributed by atoms with Crippen molar-refractivity contribution < 1.29 is 38.4 Å². The molecule has 12 heteroatoms. The van der Waals surface area contributed by atoms with Crippen molar-refractivity contribution in [2.75, 3.05) is 13.2 Å². The Labute approximate surface area is 192 Å². The van der Waals surface area contributed by atoms with E-state index in [0.29, 0.717) is 22.8 Å². The fourth-order valence-corrected chi connectivity index (χ4v) is 4.59. The van der Waals surface area contributed by atoms with E-state index in [0.717, 1.165) is 5.56 Å². The second-order valence-electron chi connectivity index (χ2n) is 8.21. The van der Waals surface area contributed by atoms with Crippen LogP contribution in [0.15, 0.2) is 36.7 Å². The van der Waals surface area contributed by atoms with Crippen molar-refractivity contribution in [3.05, 3.63) is 68.5 Å². The highest BCUT2D eigenvalue weighted by molar-refractivity contribution is 6.30. The Hall–Kier alpha value is -2.99. The van der Waals surface area contributed by atoms with Gasteiger partial charge in [-0.3, -0.25) is 4.98 Å². The van der Waals surface area contributed by atoms with E-state index in [1.807, 2.05) is 0 Å². The maximum absolute atomic E-state index is 13.0. The van der Waals surface area contributed by atoms with Crippen LogP contribution in [0.5, 0.6) is 5.75 Å². The number of carbonyl (C=O) groups is 1. The lowest BCUT2D eigenvalue weighted by Crippen LogP contribution is -2.48. The van der Waals surface area contributed by atoms with E-state index in [-0.39, 0.29) is 25.6 Å². The standard InChI is InChI=1S/C21H19ClN2O9/c1-20(33-24(26)27)10-29-18-17(20)30-11-21(18,13-2-4-14(22)5-3-13)32-19(25)31-16-7-23-6-12-8-28-9-15(12)16/h2-7,17-18H,8-11H2,1H3/t17-,18+,20+,21-/m0/s1. The van der Waals surface area contributed by atoms with Gasteiger partial charge in [0.15, 0.2) is 17.0 Å². The van der Waals surface area contributed by atoms with Gasteiger partial charge < -0.3 is 28.5 Å². The molecule has 0 bridgehead atoms. The Morgan fingerprint density at radius 2 is 1.94 bits per heavy atom. The van der Waals surface area contributed by atoms with E-state index in [9.17, 15) is 14.9 Å². The summed E-state index contributed by atoms with van der Waals surface area (Å²) < 4.78 is 28.4. The van der Waals surface area contributed by atoms with Gasteiger partial charge in [-0.25, -0.2) is 4.79 Å². The first-order chi connectivity index (χ1) is 15.8. The van der Waals surface area contributed by atoms with Gasteiger partial charge in [0.25, 0.3) is 5.09 Å². The van der Waals surface area contributed by atoms with Gasteiger partial charge >= 0.3 is 6.16 Å². The summed E-state index contributed by atoms with van der Waals surface area (Å²) in [5, 5.41) is 10.6. The van der Waals surface area contributed by atoms with Crippen LogP contribution in [0.2, 0.25) is 5.02 Å². The maximum atomic E-state index is 13.0. The van der Waals surface area contributed by atoms with Crippen molar-refractivity contribution in [2.24, 2.45) is 0 Å². The van der Waals surface area contributed by atoms with E-state index < -0.39 is 34.7 Å². The van der Waals surface area contributed by atoms with E-state index >= 15 is 0 Å². The number of aromatic nitrogens is 1. The topological polar surface area (TPSA) is 128 Å². The molecule has 0 N–H and O–H groups in total. The molecule has 33 heavy (non-hydrogen) atoms. The quantitative estimate of drug-likeness (QED) is 0.359. The van der Waals surface area contributed by atoms with E-state index in [4.69, 9.17) is 40.1 Å². The van der Waals surface area contributed by atoms with E-state index in [1.54, 1.807) is 30.5 Å². The molecule has 4 heterocycles. The zero-order valence-electron chi connectivity index (χ0n) is 17.4. The molecule has 0 spiro atoms. The summed E-state index contributed by atoms with van der Waals surface area (Å²) >= 11 is 6.04. The van der Waals surface area contributed by atoms with Crippen LogP contribution in [0, 0.1) is 10.1 Å². The Morgan fingerprint density at radius 1 is 1.18 bits per heavy atom. The lowest BCUT2D eigenvalue weighted by atomic mass is 9.85. The number of fused-ring (bicyclic) bond motifs is 2. The first-order valence-corrected chi connectivity index (χ1v) is 10.5. The maximum Gasteiger partial charge on any atom is 0.514 e. The molecule has 0 aliphatic carbocycles. The summed E-state index contributed by atoms with van der Waals surface area (Å²) in [6, 6.07) is 6.61. The van der Waals surface area contributed by atoms with Gasteiger partial charge in [-0.1, -0.05) is 23.7 Å². The largest absolute Gasteiger partial charge is 0.514 e. The van der Waals surface area contributed by atoms with E-state index in [1.165, 1.54) is 13.1 Å². The number of halogens is 1. The fraction of sp³-hybridized carbons (Fsp3) is 0.429. The van der Waals surface area contributed by atoms with Crippen LogP contribution < -0.4 is 4.74 Å². The van der Waals surface area contributed by atoms with Gasteiger partial charge in [0.05, 0.1) is 32.6 Å². The van der Waals surface area contributed by atoms with E-state index in [2.05, 4.69) is 4.98 Å². The number of hydrogen-bond donors (Lipinski definition) is 0. The van der Waals surface area contributed by atoms with Crippen LogP contribution in [-0.2, 0) is 42.6 Å². The van der Waals surface area contributed by atoms with Gasteiger partial charge in [-0.15, -0.1) is 10.1 Å². The second kappa shape index (κ2) is 8.10. The van der Waals surface area contributed by atoms with Crippen molar-refractivity contribution in [1.82, 2.24) is 4.98 Å². The third kappa shape index (κ3) is 3.76. The second-order valence-corrected chi connectivity index (χ2v) is 8.65. The molecule has 1 aromatic heterocycles. The zero-order chi connectivity index (χ0) is 23.2. The Kier molecular flexibility index (Phi) is 5.36. The third-order valence-electron chi connectivity index (χ3n) is 6.05. The predicted molar refractivity (Wildman–Crippen MR) is 109 cm³/mol. The molecule has 0 amide bonds. The Bertz CT molecular complexity index is 1100. The highest BCUT2D eigenvalue weighted by Gasteiger charge is 2.65. The SMILES string of the molecule is C[C@@]1(O[N+](=O)[O-])CO[C@@H]2[C@@H]1OC[C@]2(OC(=O)Oc1cncc2c1COC2)c1ccc(Cl)cc1. The summed E-state index contributed by atoms with van der Waals surface area (Å²) in [6.45, 7) is 1.91. The number of ether oxygens (including phenoxy) is 5. The minimum absolute atomic E-state index is 0.134.